The number of alkyl halides is 2. The molecule has 3 rings (SSSR count). The fourth-order valence-corrected chi connectivity index (χ4v) is 3.12. The lowest BCUT2D eigenvalue weighted by Crippen LogP contribution is -2.41. The molecule has 1 aromatic rings. The van der Waals surface area contributed by atoms with Crippen LogP contribution in [0.1, 0.15) is 37.9 Å². The van der Waals surface area contributed by atoms with E-state index < -0.39 is 6.43 Å². The van der Waals surface area contributed by atoms with Crippen LogP contribution in [-0.2, 0) is 0 Å². The number of rotatable bonds is 3. The van der Waals surface area contributed by atoms with Crippen LogP contribution in [0.2, 0.25) is 0 Å². The van der Waals surface area contributed by atoms with Crippen molar-refractivity contribution in [1.29, 1.82) is 0 Å². The Bertz CT molecular complexity index is 408. The van der Waals surface area contributed by atoms with E-state index in [1.165, 1.54) is 12.8 Å². The average molecular weight is 271 g/mol. The van der Waals surface area contributed by atoms with Crippen LogP contribution in [-0.4, -0.2) is 40.9 Å². The lowest BCUT2D eigenvalue weighted by atomic mass is 9.89. The van der Waals surface area contributed by atoms with Gasteiger partial charge < -0.3 is 10.2 Å². The lowest BCUT2D eigenvalue weighted by Gasteiger charge is -2.34. The molecule has 106 valence electrons. The molecule has 0 spiro atoms. The first-order chi connectivity index (χ1) is 9.24. The third-order valence-corrected chi connectivity index (χ3v) is 4.19. The molecule has 5 nitrogen and oxygen atoms in total. The van der Waals surface area contributed by atoms with Crippen molar-refractivity contribution in [2.75, 3.05) is 24.5 Å². The lowest BCUT2D eigenvalue weighted by molar-refractivity contribution is 0.141. The average Bonchev–Trinajstić information content (AvgIpc) is 3.11. The van der Waals surface area contributed by atoms with Crippen LogP contribution < -0.4 is 10.2 Å². The zero-order chi connectivity index (χ0) is 13.2. The van der Waals surface area contributed by atoms with Crippen LogP contribution in [0, 0.1) is 5.92 Å². The van der Waals surface area contributed by atoms with Crippen molar-refractivity contribution >= 4 is 5.95 Å². The molecule has 0 amide bonds. The van der Waals surface area contributed by atoms with E-state index in [1.54, 1.807) is 0 Å². The van der Waals surface area contributed by atoms with Crippen LogP contribution in [0.3, 0.4) is 0 Å². The van der Waals surface area contributed by atoms with E-state index in [0.717, 1.165) is 32.5 Å². The Kier molecular flexibility index (Phi) is 3.63. The first-order valence-corrected chi connectivity index (χ1v) is 6.93. The minimum atomic E-state index is -2.58. The van der Waals surface area contributed by atoms with E-state index in [0.29, 0.717) is 17.9 Å². The van der Waals surface area contributed by atoms with Gasteiger partial charge in [-0.2, -0.15) is 4.98 Å². The van der Waals surface area contributed by atoms with Gasteiger partial charge in [0.25, 0.3) is 6.43 Å². The topological polar surface area (TPSA) is 56.8 Å². The molecular weight excluding hydrogens is 252 g/mol. The Balaban J connectivity index is 1.56. The molecule has 2 aliphatic heterocycles. The number of aromatic amines is 1. The highest BCUT2D eigenvalue weighted by Crippen LogP contribution is 2.27. The number of nitrogens with one attached hydrogen (secondary N) is 2. The van der Waals surface area contributed by atoms with E-state index in [4.69, 9.17) is 0 Å². The van der Waals surface area contributed by atoms with Crippen LogP contribution >= 0.6 is 0 Å². The van der Waals surface area contributed by atoms with Gasteiger partial charge in [-0.05, 0) is 38.1 Å². The first kappa shape index (κ1) is 12.8. The summed E-state index contributed by atoms with van der Waals surface area (Å²) >= 11 is 0. The minimum absolute atomic E-state index is 0.338. The highest BCUT2D eigenvalue weighted by Gasteiger charge is 2.29. The van der Waals surface area contributed by atoms with Gasteiger partial charge in [-0.15, -0.1) is 5.10 Å². The van der Waals surface area contributed by atoms with E-state index in [9.17, 15) is 8.78 Å². The number of hydrogen-bond donors (Lipinski definition) is 2. The molecule has 0 saturated carbocycles. The smallest absolute Gasteiger partial charge is 0.296 e. The Labute approximate surface area is 110 Å². The number of piperidine rings is 1. The normalized spacial score (nSPS) is 25.4. The quantitative estimate of drug-likeness (QED) is 0.878. The number of hydrogen-bond acceptors (Lipinski definition) is 4. The van der Waals surface area contributed by atoms with Crippen molar-refractivity contribution < 1.29 is 8.78 Å². The van der Waals surface area contributed by atoms with Crippen LogP contribution in [0.4, 0.5) is 14.7 Å². The zero-order valence-electron chi connectivity index (χ0n) is 10.8. The molecule has 3 heterocycles. The van der Waals surface area contributed by atoms with Gasteiger partial charge in [0.15, 0.2) is 5.82 Å². The fourth-order valence-electron chi connectivity index (χ4n) is 3.12. The third-order valence-electron chi connectivity index (χ3n) is 4.19. The van der Waals surface area contributed by atoms with Gasteiger partial charge in [0.05, 0.1) is 0 Å². The molecule has 2 N–H and O–H groups in total. The second-order valence-electron chi connectivity index (χ2n) is 5.35. The van der Waals surface area contributed by atoms with Crippen molar-refractivity contribution in [2.45, 2.75) is 38.2 Å². The predicted octanol–water partition coefficient (Wildman–Crippen LogP) is 1.71. The van der Waals surface area contributed by atoms with Gasteiger partial charge in [-0.3, -0.25) is 5.10 Å². The summed E-state index contributed by atoms with van der Waals surface area (Å²) in [5.41, 5.74) is 0. The van der Waals surface area contributed by atoms with Gasteiger partial charge in [0.2, 0.25) is 5.95 Å². The molecule has 1 aromatic heterocycles. The zero-order valence-corrected chi connectivity index (χ0v) is 10.8. The maximum absolute atomic E-state index is 12.5. The van der Waals surface area contributed by atoms with Crippen LogP contribution in [0.15, 0.2) is 0 Å². The number of aromatic nitrogens is 3. The molecule has 7 heteroatoms. The largest absolute Gasteiger partial charge is 0.340 e. The molecule has 0 radical (unpaired) electrons. The molecule has 2 fully saturated rings. The molecule has 19 heavy (non-hydrogen) atoms. The number of halogens is 2. The molecular formula is C12H19F2N5. The second-order valence-corrected chi connectivity index (χ2v) is 5.35. The SMILES string of the molecule is FC(F)c1nc(N2CCC(C3CCCN3)CC2)n[nH]1. The summed E-state index contributed by atoms with van der Waals surface area (Å²) in [6.45, 7) is 2.83. The Morgan fingerprint density at radius 2 is 2.00 bits per heavy atom. The summed E-state index contributed by atoms with van der Waals surface area (Å²) in [5.74, 6) is 0.773. The van der Waals surface area contributed by atoms with Crippen LogP contribution in [0.25, 0.3) is 0 Å². The van der Waals surface area contributed by atoms with Gasteiger partial charge in [0, 0.05) is 19.1 Å². The summed E-state index contributed by atoms with van der Waals surface area (Å²) in [6, 6.07) is 0.644. The fraction of sp³-hybridized carbons (Fsp3) is 0.833. The van der Waals surface area contributed by atoms with Crippen molar-refractivity contribution in [3.8, 4) is 0 Å². The van der Waals surface area contributed by atoms with E-state index in [-0.39, 0.29) is 5.82 Å². The van der Waals surface area contributed by atoms with Gasteiger partial charge in [-0.1, -0.05) is 0 Å². The maximum atomic E-state index is 12.5. The summed E-state index contributed by atoms with van der Waals surface area (Å²) in [4.78, 5) is 5.84. The molecule has 2 saturated heterocycles. The molecule has 0 aromatic carbocycles. The second kappa shape index (κ2) is 5.40. The van der Waals surface area contributed by atoms with Gasteiger partial charge >= 0.3 is 0 Å². The Morgan fingerprint density at radius 3 is 2.58 bits per heavy atom. The summed E-state index contributed by atoms with van der Waals surface area (Å²) in [6.07, 6.45) is 2.11. The number of H-pyrrole nitrogens is 1. The maximum Gasteiger partial charge on any atom is 0.296 e. The predicted molar refractivity (Wildman–Crippen MR) is 67.3 cm³/mol. The molecule has 2 aliphatic rings. The molecule has 0 bridgehead atoms. The van der Waals surface area contributed by atoms with Crippen molar-refractivity contribution in [3.63, 3.8) is 0 Å². The van der Waals surface area contributed by atoms with Crippen molar-refractivity contribution in [1.82, 2.24) is 20.5 Å². The number of anilines is 1. The Morgan fingerprint density at radius 1 is 1.21 bits per heavy atom. The first-order valence-electron chi connectivity index (χ1n) is 6.93. The van der Waals surface area contributed by atoms with E-state index in [1.807, 2.05) is 4.90 Å². The minimum Gasteiger partial charge on any atom is -0.340 e. The highest BCUT2D eigenvalue weighted by molar-refractivity contribution is 5.29. The third kappa shape index (κ3) is 2.70. The van der Waals surface area contributed by atoms with Crippen LogP contribution in [0.5, 0.6) is 0 Å². The van der Waals surface area contributed by atoms with E-state index >= 15 is 0 Å². The van der Waals surface area contributed by atoms with Crippen molar-refractivity contribution in [2.24, 2.45) is 5.92 Å². The molecule has 1 unspecified atom stereocenters. The van der Waals surface area contributed by atoms with E-state index in [2.05, 4.69) is 20.5 Å². The Hall–Kier alpha value is -1.24. The summed E-state index contributed by atoms with van der Waals surface area (Å²) in [5, 5.41) is 9.73. The molecule has 1 atom stereocenters. The monoisotopic (exact) mass is 271 g/mol. The summed E-state index contributed by atoms with van der Waals surface area (Å²) < 4.78 is 24.9. The number of nitrogens with zero attached hydrogens (tertiary/aromatic N) is 3. The van der Waals surface area contributed by atoms with Gasteiger partial charge in [-0.25, -0.2) is 8.78 Å². The van der Waals surface area contributed by atoms with Gasteiger partial charge in [0.1, 0.15) is 0 Å². The molecule has 0 aliphatic carbocycles. The highest BCUT2D eigenvalue weighted by atomic mass is 19.3. The summed E-state index contributed by atoms with van der Waals surface area (Å²) in [7, 11) is 0. The van der Waals surface area contributed by atoms with Crippen molar-refractivity contribution in [3.05, 3.63) is 5.82 Å². The standard InChI is InChI=1S/C12H19F2N5/c13-10(14)11-16-12(18-17-11)19-6-3-8(4-7-19)9-2-1-5-15-9/h8-10,15H,1-7H2,(H,16,17,18).